The number of carbonyl (C=O) groups is 1. The van der Waals surface area contributed by atoms with Gasteiger partial charge in [-0.15, -0.1) is 0 Å². The molecule has 2 aliphatic carbocycles. The van der Waals surface area contributed by atoms with E-state index < -0.39 is 0 Å². The van der Waals surface area contributed by atoms with Gasteiger partial charge in [-0.2, -0.15) is 5.10 Å². The van der Waals surface area contributed by atoms with Gasteiger partial charge in [-0.05, 0) is 31.6 Å². The Morgan fingerprint density at radius 3 is 2.68 bits per heavy atom. The fourth-order valence-electron chi connectivity index (χ4n) is 3.05. The molecule has 3 N–H and O–H groups in total. The summed E-state index contributed by atoms with van der Waals surface area (Å²) in [4.78, 5) is 14.1. The molecule has 3 rings (SSSR count). The van der Waals surface area contributed by atoms with Crippen LogP contribution in [0.2, 0.25) is 0 Å². The predicted molar refractivity (Wildman–Crippen MR) is 73.9 cm³/mol. The number of carbonyl (C=O) groups excluding carboxylic acids is 1. The lowest BCUT2D eigenvalue weighted by Gasteiger charge is -2.20. The standard InChI is InChI=1S/C14H22N4O/c1-18(8-9-4-2-3-5-9)14(19)13-11(15)12(16-17-13)10-6-7-10/h9-10H,2-8,15H2,1H3,(H,16,17). The van der Waals surface area contributed by atoms with Gasteiger partial charge in [0, 0.05) is 19.5 Å². The molecule has 0 atom stereocenters. The Kier molecular flexibility index (Phi) is 3.21. The summed E-state index contributed by atoms with van der Waals surface area (Å²) in [6.07, 6.45) is 7.37. The number of nitrogens with zero attached hydrogens (tertiary/aromatic N) is 2. The van der Waals surface area contributed by atoms with E-state index in [1.807, 2.05) is 7.05 Å². The molecule has 1 aromatic rings. The highest BCUT2D eigenvalue weighted by molar-refractivity contribution is 5.97. The molecule has 1 heterocycles. The summed E-state index contributed by atoms with van der Waals surface area (Å²) in [7, 11) is 1.85. The number of aromatic amines is 1. The van der Waals surface area contributed by atoms with Crippen LogP contribution in [0.5, 0.6) is 0 Å². The number of nitrogens with two attached hydrogens (primary N) is 1. The molecule has 0 aliphatic heterocycles. The lowest BCUT2D eigenvalue weighted by Crippen LogP contribution is -2.31. The molecule has 2 saturated carbocycles. The van der Waals surface area contributed by atoms with E-state index in [0.29, 0.717) is 23.2 Å². The highest BCUT2D eigenvalue weighted by Crippen LogP contribution is 2.42. The van der Waals surface area contributed by atoms with Crippen LogP contribution in [0, 0.1) is 5.92 Å². The SMILES string of the molecule is CN(CC1CCCC1)C(=O)c1n[nH]c(C2CC2)c1N. The van der Waals surface area contributed by atoms with Crippen LogP contribution in [-0.4, -0.2) is 34.6 Å². The Balaban J connectivity index is 1.68. The van der Waals surface area contributed by atoms with Gasteiger partial charge in [0.1, 0.15) is 0 Å². The van der Waals surface area contributed by atoms with Crippen LogP contribution >= 0.6 is 0 Å². The fourth-order valence-corrected chi connectivity index (χ4v) is 3.05. The summed E-state index contributed by atoms with van der Waals surface area (Å²) in [5, 5.41) is 7.07. The summed E-state index contributed by atoms with van der Waals surface area (Å²) < 4.78 is 0. The van der Waals surface area contributed by atoms with Crippen LogP contribution < -0.4 is 5.73 Å². The molecule has 0 bridgehead atoms. The van der Waals surface area contributed by atoms with Crippen LogP contribution in [-0.2, 0) is 0 Å². The van der Waals surface area contributed by atoms with E-state index in [-0.39, 0.29) is 5.91 Å². The first-order valence-corrected chi connectivity index (χ1v) is 7.26. The lowest BCUT2D eigenvalue weighted by atomic mass is 10.1. The lowest BCUT2D eigenvalue weighted by molar-refractivity contribution is 0.0768. The van der Waals surface area contributed by atoms with Crippen LogP contribution in [0.3, 0.4) is 0 Å². The van der Waals surface area contributed by atoms with Crippen LogP contribution in [0.25, 0.3) is 0 Å². The third kappa shape index (κ3) is 2.46. The van der Waals surface area contributed by atoms with E-state index in [2.05, 4.69) is 10.2 Å². The third-order valence-electron chi connectivity index (χ3n) is 4.38. The van der Waals surface area contributed by atoms with E-state index in [1.54, 1.807) is 4.90 Å². The van der Waals surface area contributed by atoms with Gasteiger partial charge in [0.15, 0.2) is 5.69 Å². The molecule has 0 spiro atoms. The number of anilines is 1. The molecule has 19 heavy (non-hydrogen) atoms. The zero-order chi connectivity index (χ0) is 13.4. The molecule has 2 aliphatic rings. The molecule has 1 amide bonds. The first-order chi connectivity index (χ1) is 9.16. The van der Waals surface area contributed by atoms with Gasteiger partial charge < -0.3 is 10.6 Å². The summed E-state index contributed by atoms with van der Waals surface area (Å²) in [6.45, 7) is 0.823. The first kappa shape index (κ1) is 12.5. The van der Waals surface area contributed by atoms with Crippen LogP contribution in [0.15, 0.2) is 0 Å². The van der Waals surface area contributed by atoms with Crippen molar-refractivity contribution in [2.45, 2.75) is 44.4 Å². The van der Waals surface area contributed by atoms with E-state index in [0.717, 1.165) is 25.1 Å². The number of rotatable bonds is 4. The second kappa shape index (κ2) is 4.87. The third-order valence-corrected chi connectivity index (χ3v) is 4.38. The van der Waals surface area contributed by atoms with Crippen molar-refractivity contribution in [2.24, 2.45) is 5.92 Å². The van der Waals surface area contributed by atoms with E-state index >= 15 is 0 Å². The quantitative estimate of drug-likeness (QED) is 0.872. The molecule has 1 aromatic heterocycles. The Bertz CT molecular complexity index is 472. The molecule has 0 unspecified atom stereocenters. The van der Waals surface area contributed by atoms with Crippen molar-refractivity contribution in [3.05, 3.63) is 11.4 Å². The fraction of sp³-hybridized carbons (Fsp3) is 0.714. The number of nitrogen functional groups attached to an aromatic ring is 1. The Labute approximate surface area is 113 Å². The van der Waals surface area contributed by atoms with Crippen molar-refractivity contribution < 1.29 is 4.79 Å². The molecular weight excluding hydrogens is 240 g/mol. The van der Waals surface area contributed by atoms with Crippen molar-refractivity contribution in [3.63, 3.8) is 0 Å². The molecular formula is C14H22N4O. The first-order valence-electron chi connectivity index (χ1n) is 7.26. The average Bonchev–Trinajstić information content (AvgIpc) is 2.97. The molecule has 5 heteroatoms. The van der Waals surface area contributed by atoms with Gasteiger partial charge in [0.05, 0.1) is 11.4 Å². The number of H-pyrrole nitrogens is 1. The average molecular weight is 262 g/mol. The minimum Gasteiger partial charge on any atom is -0.395 e. The van der Waals surface area contributed by atoms with Gasteiger partial charge in [0.25, 0.3) is 5.91 Å². The number of amides is 1. The number of hydrogen-bond donors (Lipinski definition) is 2. The molecule has 0 radical (unpaired) electrons. The van der Waals surface area contributed by atoms with Crippen molar-refractivity contribution in [2.75, 3.05) is 19.3 Å². The van der Waals surface area contributed by atoms with Crippen molar-refractivity contribution in [1.29, 1.82) is 0 Å². The zero-order valence-corrected chi connectivity index (χ0v) is 11.5. The number of nitrogens with one attached hydrogen (secondary N) is 1. The number of hydrogen-bond acceptors (Lipinski definition) is 3. The monoisotopic (exact) mass is 262 g/mol. The second-order valence-corrected chi connectivity index (χ2v) is 6.01. The van der Waals surface area contributed by atoms with Gasteiger partial charge in [-0.1, -0.05) is 12.8 Å². The maximum absolute atomic E-state index is 12.4. The van der Waals surface area contributed by atoms with E-state index in [4.69, 9.17) is 5.73 Å². The normalized spacial score (nSPS) is 19.8. The molecule has 0 saturated heterocycles. The van der Waals surface area contributed by atoms with Crippen molar-refractivity contribution in [1.82, 2.24) is 15.1 Å². The Morgan fingerprint density at radius 1 is 1.37 bits per heavy atom. The Morgan fingerprint density at radius 2 is 2.05 bits per heavy atom. The van der Waals surface area contributed by atoms with Gasteiger partial charge in [-0.25, -0.2) is 0 Å². The van der Waals surface area contributed by atoms with Gasteiger partial charge >= 0.3 is 0 Å². The zero-order valence-electron chi connectivity index (χ0n) is 11.5. The second-order valence-electron chi connectivity index (χ2n) is 6.01. The van der Waals surface area contributed by atoms with Crippen LogP contribution in [0.4, 0.5) is 5.69 Å². The smallest absolute Gasteiger partial charge is 0.276 e. The molecule has 2 fully saturated rings. The minimum absolute atomic E-state index is 0.0486. The highest BCUT2D eigenvalue weighted by Gasteiger charge is 2.31. The largest absolute Gasteiger partial charge is 0.395 e. The maximum Gasteiger partial charge on any atom is 0.276 e. The van der Waals surface area contributed by atoms with Crippen molar-refractivity contribution >= 4 is 11.6 Å². The van der Waals surface area contributed by atoms with Gasteiger partial charge in [0.2, 0.25) is 0 Å². The highest BCUT2D eigenvalue weighted by atomic mass is 16.2. The minimum atomic E-state index is -0.0486. The predicted octanol–water partition coefficient (Wildman–Crippen LogP) is 2.13. The topological polar surface area (TPSA) is 75.0 Å². The summed E-state index contributed by atoms with van der Waals surface area (Å²) in [6, 6.07) is 0. The molecule has 5 nitrogen and oxygen atoms in total. The van der Waals surface area contributed by atoms with E-state index in [9.17, 15) is 4.79 Å². The summed E-state index contributed by atoms with van der Waals surface area (Å²) in [5.41, 5.74) is 7.97. The van der Waals surface area contributed by atoms with Gasteiger partial charge in [-0.3, -0.25) is 9.89 Å². The summed E-state index contributed by atoms with van der Waals surface area (Å²) >= 11 is 0. The Hall–Kier alpha value is -1.52. The molecule has 0 aromatic carbocycles. The molecule has 104 valence electrons. The summed E-state index contributed by atoms with van der Waals surface area (Å²) in [5.74, 6) is 1.10. The van der Waals surface area contributed by atoms with E-state index in [1.165, 1.54) is 25.7 Å². The maximum atomic E-state index is 12.4. The van der Waals surface area contributed by atoms with Crippen LogP contribution in [0.1, 0.15) is 60.6 Å². The van der Waals surface area contributed by atoms with Crippen molar-refractivity contribution in [3.8, 4) is 0 Å². The number of aromatic nitrogens is 2.